The molecule has 0 unspecified atom stereocenters. The summed E-state index contributed by atoms with van der Waals surface area (Å²) in [5.74, 6) is 0.525. The number of amides is 1. The van der Waals surface area contributed by atoms with Crippen LogP contribution in [0.3, 0.4) is 0 Å². The Morgan fingerprint density at radius 2 is 1.75 bits per heavy atom. The zero-order valence-electron chi connectivity index (χ0n) is 17.9. The number of aromatic nitrogens is 2. The van der Waals surface area contributed by atoms with Crippen LogP contribution >= 0.6 is 0 Å². The lowest BCUT2D eigenvalue weighted by Crippen LogP contribution is -2.28. The first-order chi connectivity index (χ1) is 15.6. The summed E-state index contributed by atoms with van der Waals surface area (Å²) in [4.78, 5) is 29.2. The van der Waals surface area contributed by atoms with Gasteiger partial charge in [0, 0.05) is 17.8 Å². The summed E-state index contributed by atoms with van der Waals surface area (Å²) in [6.07, 6.45) is 0. The van der Waals surface area contributed by atoms with Crippen LogP contribution in [0, 0.1) is 6.92 Å². The van der Waals surface area contributed by atoms with Crippen LogP contribution in [-0.4, -0.2) is 35.1 Å². The molecule has 7 heteroatoms. The van der Waals surface area contributed by atoms with E-state index in [2.05, 4.69) is 10.3 Å². The largest absolute Gasteiger partial charge is 0.496 e. The first-order valence-electron chi connectivity index (χ1n) is 10.2. The molecule has 1 N–H and O–H groups in total. The number of nitrogens with one attached hydrogen (secondary N) is 1. The Hall–Kier alpha value is -4.13. The SMILES string of the molecule is COc1ccccc1CNC(=O)COC(=O)c1ccc2c(c1)nc(C)n2-c1ccccc1. The lowest BCUT2D eigenvalue weighted by Gasteiger charge is -2.10. The van der Waals surface area contributed by atoms with E-state index in [0.29, 0.717) is 16.8 Å². The van der Waals surface area contributed by atoms with Crippen LogP contribution in [-0.2, 0) is 16.1 Å². The van der Waals surface area contributed by atoms with E-state index in [1.54, 1.807) is 19.2 Å². The minimum Gasteiger partial charge on any atom is -0.496 e. The highest BCUT2D eigenvalue weighted by atomic mass is 16.5. The minimum absolute atomic E-state index is 0.280. The van der Waals surface area contributed by atoms with Crippen LogP contribution in [0.4, 0.5) is 0 Å². The number of para-hydroxylation sites is 2. The third kappa shape index (κ3) is 4.46. The second kappa shape index (κ2) is 9.34. The lowest BCUT2D eigenvalue weighted by atomic mass is 10.2. The number of carbonyl (C=O) groups is 2. The number of methoxy groups -OCH3 is 1. The van der Waals surface area contributed by atoms with Crippen molar-refractivity contribution >= 4 is 22.9 Å². The Bertz CT molecular complexity index is 1260. The molecular weight excluding hydrogens is 406 g/mol. The summed E-state index contributed by atoms with van der Waals surface area (Å²) in [7, 11) is 1.57. The van der Waals surface area contributed by atoms with Gasteiger partial charge in [0.15, 0.2) is 6.61 Å². The van der Waals surface area contributed by atoms with Gasteiger partial charge in [-0.25, -0.2) is 9.78 Å². The summed E-state index contributed by atoms with van der Waals surface area (Å²) in [6, 6.07) is 22.5. The van der Waals surface area contributed by atoms with Gasteiger partial charge >= 0.3 is 5.97 Å². The van der Waals surface area contributed by atoms with E-state index in [1.165, 1.54) is 0 Å². The zero-order chi connectivity index (χ0) is 22.5. The molecule has 1 heterocycles. The molecule has 0 saturated carbocycles. The fraction of sp³-hybridized carbons (Fsp3) is 0.160. The molecule has 4 aromatic rings. The van der Waals surface area contributed by atoms with Gasteiger partial charge in [-0.2, -0.15) is 0 Å². The lowest BCUT2D eigenvalue weighted by molar-refractivity contribution is -0.124. The highest BCUT2D eigenvalue weighted by Gasteiger charge is 2.15. The second-order valence-corrected chi connectivity index (χ2v) is 7.20. The molecule has 0 aliphatic carbocycles. The van der Waals surface area contributed by atoms with Gasteiger partial charge in [0.05, 0.1) is 23.7 Å². The molecule has 4 rings (SSSR count). The van der Waals surface area contributed by atoms with Crippen molar-refractivity contribution < 1.29 is 19.1 Å². The molecule has 0 radical (unpaired) electrons. The van der Waals surface area contributed by atoms with E-state index in [-0.39, 0.29) is 13.2 Å². The first kappa shape index (κ1) is 21.1. The number of imidazole rings is 1. The average molecular weight is 429 g/mol. The fourth-order valence-corrected chi connectivity index (χ4v) is 3.54. The van der Waals surface area contributed by atoms with Gasteiger partial charge in [-0.1, -0.05) is 36.4 Å². The summed E-state index contributed by atoms with van der Waals surface area (Å²) in [6.45, 7) is 1.82. The topological polar surface area (TPSA) is 82.4 Å². The van der Waals surface area contributed by atoms with Crippen LogP contribution in [0.1, 0.15) is 21.7 Å². The number of aryl methyl sites for hydroxylation is 1. The quantitative estimate of drug-likeness (QED) is 0.452. The molecule has 0 saturated heterocycles. The number of fused-ring (bicyclic) bond motifs is 1. The van der Waals surface area contributed by atoms with Gasteiger partial charge in [0.1, 0.15) is 11.6 Å². The molecule has 0 fully saturated rings. The van der Waals surface area contributed by atoms with Crippen molar-refractivity contribution in [3.8, 4) is 11.4 Å². The maximum atomic E-state index is 12.5. The monoisotopic (exact) mass is 429 g/mol. The molecule has 1 amide bonds. The molecule has 0 spiro atoms. The van der Waals surface area contributed by atoms with Crippen molar-refractivity contribution in [3.63, 3.8) is 0 Å². The van der Waals surface area contributed by atoms with Crippen LogP contribution in [0.15, 0.2) is 72.8 Å². The summed E-state index contributed by atoms with van der Waals surface area (Å²) >= 11 is 0. The molecule has 0 aliphatic heterocycles. The number of hydrogen-bond acceptors (Lipinski definition) is 5. The molecule has 162 valence electrons. The third-order valence-corrected chi connectivity index (χ3v) is 5.08. The number of esters is 1. The van der Waals surface area contributed by atoms with E-state index in [9.17, 15) is 9.59 Å². The Kier molecular flexibility index (Phi) is 6.17. The van der Waals surface area contributed by atoms with Gasteiger partial charge < -0.3 is 14.8 Å². The van der Waals surface area contributed by atoms with Gasteiger partial charge in [-0.05, 0) is 43.3 Å². The zero-order valence-corrected chi connectivity index (χ0v) is 17.9. The highest BCUT2D eigenvalue weighted by Crippen LogP contribution is 2.22. The van der Waals surface area contributed by atoms with E-state index in [1.807, 2.05) is 72.2 Å². The van der Waals surface area contributed by atoms with Crippen LogP contribution in [0.25, 0.3) is 16.7 Å². The van der Waals surface area contributed by atoms with Gasteiger partial charge in [-0.15, -0.1) is 0 Å². The van der Waals surface area contributed by atoms with E-state index < -0.39 is 11.9 Å². The van der Waals surface area contributed by atoms with Gasteiger partial charge in [-0.3, -0.25) is 9.36 Å². The van der Waals surface area contributed by atoms with Crippen molar-refractivity contribution in [1.29, 1.82) is 0 Å². The predicted molar refractivity (Wildman–Crippen MR) is 121 cm³/mol. The molecule has 3 aromatic carbocycles. The van der Waals surface area contributed by atoms with Crippen molar-refractivity contribution in [3.05, 3.63) is 89.7 Å². The summed E-state index contributed by atoms with van der Waals surface area (Å²) < 4.78 is 12.5. The molecule has 32 heavy (non-hydrogen) atoms. The first-order valence-corrected chi connectivity index (χ1v) is 10.2. The molecule has 1 aromatic heterocycles. The maximum Gasteiger partial charge on any atom is 0.338 e. The van der Waals surface area contributed by atoms with E-state index in [4.69, 9.17) is 9.47 Å². The standard InChI is InChI=1S/C25H23N3O4/c1-17-27-21-14-18(12-13-22(21)28(17)20-9-4-3-5-10-20)25(30)32-16-24(29)26-15-19-8-6-7-11-23(19)31-2/h3-14H,15-16H2,1-2H3,(H,26,29). The van der Waals surface area contributed by atoms with Crippen LogP contribution in [0.2, 0.25) is 0 Å². The Morgan fingerprint density at radius 1 is 1.00 bits per heavy atom. The fourth-order valence-electron chi connectivity index (χ4n) is 3.54. The highest BCUT2D eigenvalue weighted by molar-refractivity contribution is 5.95. The van der Waals surface area contributed by atoms with Crippen molar-refractivity contribution in [1.82, 2.24) is 14.9 Å². The molecule has 7 nitrogen and oxygen atoms in total. The van der Waals surface area contributed by atoms with Crippen LogP contribution < -0.4 is 10.1 Å². The number of benzene rings is 3. The van der Waals surface area contributed by atoms with Crippen LogP contribution in [0.5, 0.6) is 5.75 Å². The number of ether oxygens (including phenoxy) is 2. The smallest absolute Gasteiger partial charge is 0.338 e. The maximum absolute atomic E-state index is 12.5. The number of rotatable bonds is 7. The average Bonchev–Trinajstić information content (AvgIpc) is 3.16. The Balaban J connectivity index is 1.40. The number of nitrogens with zero attached hydrogens (tertiary/aromatic N) is 2. The van der Waals surface area contributed by atoms with E-state index >= 15 is 0 Å². The molecule has 0 bridgehead atoms. The van der Waals surface area contributed by atoms with Gasteiger partial charge in [0.25, 0.3) is 5.91 Å². The Labute approximate surface area is 185 Å². The van der Waals surface area contributed by atoms with Gasteiger partial charge in [0.2, 0.25) is 0 Å². The third-order valence-electron chi connectivity index (χ3n) is 5.08. The predicted octanol–water partition coefficient (Wildman–Crippen LogP) is 3.82. The molecule has 0 aliphatic rings. The van der Waals surface area contributed by atoms with Crippen molar-refractivity contribution in [2.45, 2.75) is 13.5 Å². The second-order valence-electron chi connectivity index (χ2n) is 7.20. The molecule has 0 atom stereocenters. The minimum atomic E-state index is -0.578. The van der Waals surface area contributed by atoms with Crippen molar-refractivity contribution in [2.24, 2.45) is 0 Å². The number of carbonyl (C=O) groups excluding carboxylic acids is 2. The van der Waals surface area contributed by atoms with Crippen molar-refractivity contribution in [2.75, 3.05) is 13.7 Å². The molecular formula is C25H23N3O4. The number of hydrogen-bond donors (Lipinski definition) is 1. The summed E-state index contributed by atoms with van der Waals surface area (Å²) in [5, 5.41) is 2.73. The summed E-state index contributed by atoms with van der Waals surface area (Å²) in [5.41, 5.74) is 3.74. The normalized spacial score (nSPS) is 10.7. The van der Waals surface area contributed by atoms with E-state index in [0.717, 1.165) is 22.6 Å². The Morgan fingerprint density at radius 3 is 2.53 bits per heavy atom.